The van der Waals surface area contributed by atoms with Gasteiger partial charge < -0.3 is 23.7 Å². The molecule has 0 aromatic carbocycles. The van der Waals surface area contributed by atoms with E-state index in [1.807, 2.05) is 0 Å². The van der Waals surface area contributed by atoms with Crippen molar-refractivity contribution in [3.05, 3.63) is 0 Å². The Bertz CT molecular complexity index is 330. The third-order valence-corrected chi connectivity index (χ3v) is 2.83. The summed E-state index contributed by atoms with van der Waals surface area (Å²) in [6.07, 6.45) is -3.17. The molecule has 1 unspecified atom stereocenters. The summed E-state index contributed by atoms with van der Waals surface area (Å²) in [5.41, 5.74) is 0. The predicted molar refractivity (Wildman–Crippen MR) is 63.2 cm³/mol. The Morgan fingerprint density at radius 1 is 1.05 bits per heavy atom. The van der Waals surface area contributed by atoms with E-state index in [0.29, 0.717) is 0 Å². The SMILES string of the molecule is COC1O[C@H]([C@@H](C)OC(C)=O)[C@@H](OC(C)=O)[C@H]1OC. The number of methoxy groups -OCH3 is 2. The molecule has 0 saturated carbocycles. The van der Waals surface area contributed by atoms with Gasteiger partial charge in [0.05, 0.1) is 0 Å². The first-order chi connectivity index (χ1) is 8.90. The van der Waals surface area contributed by atoms with E-state index in [2.05, 4.69) is 0 Å². The molecule has 110 valence electrons. The van der Waals surface area contributed by atoms with Gasteiger partial charge in [0.2, 0.25) is 0 Å². The molecule has 5 atom stereocenters. The second-order valence-electron chi connectivity index (χ2n) is 4.29. The number of hydrogen-bond acceptors (Lipinski definition) is 7. The van der Waals surface area contributed by atoms with Crippen LogP contribution >= 0.6 is 0 Å². The Labute approximate surface area is 112 Å². The zero-order valence-corrected chi connectivity index (χ0v) is 11.7. The summed E-state index contributed by atoms with van der Waals surface area (Å²) in [5, 5.41) is 0. The van der Waals surface area contributed by atoms with E-state index in [1.165, 1.54) is 28.1 Å². The molecule has 7 heteroatoms. The lowest BCUT2D eigenvalue weighted by molar-refractivity contribution is -0.178. The summed E-state index contributed by atoms with van der Waals surface area (Å²) in [5.74, 6) is -0.903. The number of carbonyl (C=O) groups is 2. The van der Waals surface area contributed by atoms with Gasteiger partial charge in [-0.3, -0.25) is 9.59 Å². The van der Waals surface area contributed by atoms with E-state index in [9.17, 15) is 9.59 Å². The van der Waals surface area contributed by atoms with E-state index in [1.54, 1.807) is 6.92 Å². The average Bonchev–Trinajstić information content (AvgIpc) is 2.65. The first kappa shape index (κ1) is 15.9. The molecule has 1 rings (SSSR count). The highest BCUT2D eigenvalue weighted by atomic mass is 16.7. The minimum Gasteiger partial charge on any atom is -0.460 e. The second-order valence-corrected chi connectivity index (χ2v) is 4.29. The Balaban J connectivity index is 2.86. The van der Waals surface area contributed by atoms with Gasteiger partial charge in [-0.15, -0.1) is 0 Å². The van der Waals surface area contributed by atoms with Gasteiger partial charge in [0.1, 0.15) is 18.3 Å². The average molecular weight is 276 g/mol. The molecular weight excluding hydrogens is 256 g/mol. The topological polar surface area (TPSA) is 80.3 Å². The monoisotopic (exact) mass is 276 g/mol. The van der Waals surface area contributed by atoms with Crippen molar-refractivity contribution in [3.63, 3.8) is 0 Å². The highest BCUT2D eigenvalue weighted by Gasteiger charge is 2.50. The minimum absolute atomic E-state index is 0.437. The molecule has 0 aromatic heterocycles. The van der Waals surface area contributed by atoms with E-state index in [0.717, 1.165) is 0 Å². The van der Waals surface area contributed by atoms with Crippen LogP contribution in [0.4, 0.5) is 0 Å². The first-order valence-electron chi connectivity index (χ1n) is 5.96. The maximum Gasteiger partial charge on any atom is 0.303 e. The molecule has 1 saturated heterocycles. The van der Waals surface area contributed by atoms with Gasteiger partial charge >= 0.3 is 11.9 Å². The van der Waals surface area contributed by atoms with Crippen LogP contribution in [0.3, 0.4) is 0 Å². The van der Waals surface area contributed by atoms with Crippen molar-refractivity contribution in [2.75, 3.05) is 14.2 Å². The Hall–Kier alpha value is -1.18. The fourth-order valence-corrected chi connectivity index (χ4v) is 2.12. The molecule has 0 N–H and O–H groups in total. The van der Waals surface area contributed by atoms with Crippen molar-refractivity contribution in [2.24, 2.45) is 0 Å². The number of rotatable bonds is 5. The van der Waals surface area contributed by atoms with Crippen molar-refractivity contribution in [1.82, 2.24) is 0 Å². The van der Waals surface area contributed by atoms with Crippen molar-refractivity contribution in [2.45, 2.75) is 51.5 Å². The van der Waals surface area contributed by atoms with Gasteiger partial charge in [0, 0.05) is 28.1 Å². The summed E-state index contributed by atoms with van der Waals surface area (Å²) >= 11 is 0. The smallest absolute Gasteiger partial charge is 0.303 e. The molecule has 0 radical (unpaired) electrons. The molecule has 0 aliphatic carbocycles. The Kier molecular flexibility index (Phi) is 5.71. The lowest BCUT2D eigenvalue weighted by Gasteiger charge is -2.25. The van der Waals surface area contributed by atoms with E-state index < -0.39 is 42.6 Å². The van der Waals surface area contributed by atoms with Crippen LogP contribution in [-0.2, 0) is 33.3 Å². The Morgan fingerprint density at radius 2 is 1.68 bits per heavy atom. The van der Waals surface area contributed by atoms with E-state index in [4.69, 9.17) is 23.7 Å². The van der Waals surface area contributed by atoms with Crippen molar-refractivity contribution >= 4 is 11.9 Å². The van der Waals surface area contributed by atoms with Crippen LogP contribution in [0.1, 0.15) is 20.8 Å². The lowest BCUT2D eigenvalue weighted by Crippen LogP contribution is -2.43. The van der Waals surface area contributed by atoms with Gasteiger partial charge in [-0.05, 0) is 6.92 Å². The first-order valence-corrected chi connectivity index (χ1v) is 5.96. The second kappa shape index (κ2) is 6.83. The van der Waals surface area contributed by atoms with Gasteiger partial charge in [-0.1, -0.05) is 0 Å². The fraction of sp³-hybridized carbons (Fsp3) is 0.833. The van der Waals surface area contributed by atoms with Crippen LogP contribution in [0.25, 0.3) is 0 Å². The van der Waals surface area contributed by atoms with Crippen LogP contribution in [0, 0.1) is 0 Å². The molecule has 1 aliphatic rings. The standard InChI is InChI=1S/C12H20O7/c1-6(17-7(2)13)9-10(18-8(3)14)11(15-4)12(16-5)19-9/h6,9-12H,1-5H3/t6-,9-,10-,11-,12?/m1/s1. The zero-order valence-electron chi connectivity index (χ0n) is 11.7. The number of esters is 2. The van der Waals surface area contributed by atoms with Crippen molar-refractivity contribution < 1.29 is 33.3 Å². The van der Waals surface area contributed by atoms with Gasteiger partial charge in [-0.2, -0.15) is 0 Å². The summed E-state index contributed by atoms with van der Waals surface area (Å²) in [6, 6.07) is 0. The number of hydrogen-bond donors (Lipinski definition) is 0. The van der Waals surface area contributed by atoms with E-state index >= 15 is 0 Å². The van der Waals surface area contributed by atoms with Crippen molar-refractivity contribution in [3.8, 4) is 0 Å². The van der Waals surface area contributed by atoms with Crippen LogP contribution in [0.5, 0.6) is 0 Å². The summed E-state index contributed by atoms with van der Waals surface area (Å²) < 4.78 is 26.2. The van der Waals surface area contributed by atoms with Crippen LogP contribution in [0.2, 0.25) is 0 Å². The molecule has 1 heterocycles. The summed E-state index contributed by atoms with van der Waals surface area (Å²) in [7, 11) is 2.93. The number of carbonyl (C=O) groups excluding carboxylic acids is 2. The molecule has 0 aromatic rings. The third-order valence-electron chi connectivity index (χ3n) is 2.83. The minimum atomic E-state index is -0.693. The highest BCUT2D eigenvalue weighted by Crippen LogP contribution is 2.29. The van der Waals surface area contributed by atoms with Crippen LogP contribution in [0.15, 0.2) is 0 Å². The molecule has 7 nitrogen and oxygen atoms in total. The maximum absolute atomic E-state index is 11.2. The number of ether oxygens (including phenoxy) is 5. The predicted octanol–water partition coefficient (Wildman–Crippen LogP) is 0.256. The zero-order chi connectivity index (χ0) is 14.6. The Morgan fingerprint density at radius 3 is 2.11 bits per heavy atom. The normalized spacial score (nSPS) is 31.8. The molecule has 0 amide bonds. The molecule has 1 aliphatic heterocycles. The largest absolute Gasteiger partial charge is 0.460 e. The quantitative estimate of drug-likeness (QED) is 0.666. The molecule has 19 heavy (non-hydrogen) atoms. The van der Waals surface area contributed by atoms with Gasteiger partial charge in [-0.25, -0.2) is 0 Å². The highest BCUT2D eigenvalue weighted by molar-refractivity contribution is 5.67. The third kappa shape index (κ3) is 3.89. The molecule has 1 fully saturated rings. The van der Waals surface area contributed by atoms with Gasteiger partial charge in [0.25, 0.3) is 0 Å². The van der Waals surface area contributed by atoms with Crippen molar-refractivity contribution in [1.29, 1.82) is 0 Å². The lowest BCUT2D eigenvalue weighted by atomic mass is 10.1. The fourth-order valence-electron chi connectivity index (χ4n) is 2.12. The summed E-state index contributed by atoms with van der Waals surface area (Å²) in [4.78, 5) is 22.2. The van der Waals surface area contributed by atoms with Gasteiger partial charge in [0.15, 0.2) is 12.4 Å². The maximum atomic E-state index is 11.2. The molecule has 0 bridgehead atoms. The van der Waals surface area contributed by atoms with Crippen LogP contribution in [-0.4, -0.2) is 56.9 Å². The molecular formula is C12H20O7. The summed E-state index contributed by atoms with van der Waals surface area (Å²) in [6.45, 7) is 4.25. The van der Waals surface area contributed by atoms with Crippen LogP contribution < -0.4 is 0 Å². The molecule has 0 spiro atoms. The van der Waals surface area contributed by atoms with E-state index in [-0.39, 0.29) is 0 Å².